The number of hydrogen-bond donors (Lipinski definition) is 0. The maximum atomic E-state index is 3.82. The van der Waals surface area contributed by atoms with Crippen LogP contribution in [0.5, 0.6) is 0 Å². The molecule has 0 heterocycles. The quantitative estimate of drug-likeness (QED) is 0.704. The summed E-state index contributed by atoms with van der Waals surface area (Å²) < 4.78 is 0. The van der Waals surface area contributed by atoms with Gasteiger partial charge >= 0.3 is 0 Å². The van der Waals surface area contributed by atoms with Crippen molar-refractivity contribution in [3.63, 3.8) is 0 Å². The highest BCUT2D eigenvalue weighted by molar-refractivity contribution is 9.09. The van der Waals surface area contributed by atoms with Crippen molar-refractivity contribution in [3.8, 4) is 0 Å². The zero-order valence-electron chi connectivity index (χ0n) is 9.81. The Morgan fingerprint density at radius 3 is 2.47 bits per heavy atom. The normalized spacial score (nSPS) is 11.5. The first-order chi connectivity index (χ1) is 6.99. The highest BCUT2D eigenvalue weighted by Crippen LogP contribution is 2.27. The molecule has 0 N–H and O–H groups in total. The van der Waals surface area contributed by atoms with Gasteiger partial charge in [0.25, 0.3) is 0 Å². The number of benzene rings is 1. The van der Waals surface area contributed by atoms with Crippen molar-refractivity contribution in [3.05, 3.63) is 41.5 Å². The van der Waals surface area contributed by atoms with Gasteiger partial charge < -0.3 is 0 Å². The summed E-state index contributed by atoms with van der Waals surface area (Å²) in [6, 6.07) is 6.62. The minimum atomic E-state index is 0.205. The zero-order valence-corrected chi connectivity index (χ0v) is 11.4. The molecule has 0 fully saturated rings. The van der Waals surface area contributed by atoms with Crippen molar-refractivity contribution in [1.29, 1.82) is 0 Å². The van der Waals surface area contributed by atoms with Crippen LogP contribution in [0.2, 0.25) is 0 Å². The predicted molar refractivity (Wildman–Crippen MR) is 72.7 cm³/mol. The molecule has 0 spiro atoms. The van der Waals surface area contributed by atoms with E-state index in [0.29, 0.717) is 0 Å². The fraction of sp³-hybridized carbons (Fsp3) is 0.429. The molecule has 0 radical (unpaired) electrons. The van der Waals surface area contributed by atoms with Crippen LogP contribution in [0.3, 0.4) is 0 Å². The molecule has 0 nitrogen and oxygen atoms in total. The van der Waals surface area contributed by atoms with Crippen molar-refractivity contribution < 1.29 is 0 Å². The molecule has 0 aromatic heterocycles. The van der Waals surface area contributed by atoms with E-state index >= 15 is 0 Å². The largest absolute Gasteiger partial charge is 0.0985 e. The Morgan fingerprint density at radius 1 is 1.33 bits per heavy atom. The monoisotopic (exact) mass is 266 g/mol. The van der Waals surface area contributed by atoms with E-state index in [-0.39, 0.29) is 5.41 Å². The van der Waals surface area contributed by atoms with Gasteiger partial charge in [-0.15, -0.1) is 0 Å². The Morgan fingerprint density at radius 2 is 2.00 bits per heavy atom. The van der Waals surface area contributed by atoms with Gasteiger partial charge in [0.1, 0.15) is 0 Å². The van der Waals surface area contributed by atoms with Gasteiger partial charge in [-0.2, -0.15) is 0 Å². The first-order valence-electron chi connectivity index (χ1n) is 5.31. The first-order valence-corrected chi connectivity index (χ1v) is 6.43. The average Bonchev–Trinajstić information content (AvgIpc) is 2.17. The molecule has 82 valence electrons. The van der Waals surface area contributed by atoms with E-state index in [1.54, 1.807) is 0 Å². The summed E-state index contributed by atoms with van der Waals surface area (Å²) in [7, 11) is 0. The van der Waals surface area contributed by atoms with E-state index in [4.69, 9.17) is 0 Å². The van der Waals surface area contributed by atoms with Crippen LogP contribution in [0.25, 0.3) is 6.08 Å². The number of halogens is 1. The topological polar surface area (TPSA) is 0 Å². The molecule has 0 atom stereocenters. The third kappa shape index (κ3) is 3.20. The van der Waals surface area contributed by atoms with E-state index in [1.807, 2.05) is 6.08 Å². The van der Waals surface area contributed by atoms with Gasteiger partial charge in [-0.3, -0.25) is 0 Å². The van der Waals surface area contributed by atoms with Gasteiger partial charge in [0, 0.05) is 5.33 Å². The van der Waals surface area contributed by atoms with Crippen molar-refractivity contribution >= 4 is 22.0 Å². The van der Waals surface area contributed by atoms with E-state index in [1.165, 1.54) is 16.7 Å². The van der Waals surface area contributed by atoms with Gasteiger partial charge in [-0.25, -0.2) is 0 Å². The second-order valence-corrected chi connectivity index (χ2v) is 5.60. The molecule has 1 heteroatoms. The second kappa shape index (κ2) is 4.98. The van der Waals surface area contributed by atoms with Crippen LogP contribution in [-0.2, 0) is 11.8 Å². The summed E-state index contributed by atoms with van der Waals surface area (Å²) in [5.41, 5.74) is 4.28. The molecule has 0 unspecified atom stereocenters. The third-order valence-corrected chi connectivity index (χ3v) is 2.94. The van der Waals surface area contributed by atoms with Crippen molar-refractivity contribution in [2.75, 3.05) is 5.33 Å². The molecule has 0 aliphatic rings. The molecule has 1 aromatic rings. The summed E-state index contributed by atoms with van der Waals surface area (Å²) in [6.45, 7) is 10.6. The molecule has 0 saturated heterocycles. The lowest BCUT2D eigenvalue weighted by Gasteiger charge is -2.23. The Bertz CT molecular complexity index is 345. The molecular formula is C14H19Br. The van der Waals surface area contributed by atoms with Crippen LogP contribution in [0.1, 0.15) is 37.5 Å². The van der Waals surface area contributed by atoms with Gasteiger partial charge in [0.15, 0.2) is 0 Å². The Hall–Kier alpha value is -0.560. The molecule has 1 rings (SSSR count). The first kappa shape index (κ1) is 12.5. The van der Waals surface area contributed by atoms with E-state index in [2.05, 4.69) is 61.5 Å². The molecule has 0 aliphatic heterocycles. The number of aryl methyl sites for hydroxylation is 1. The Labute approximate surface area is 102 Å². The van der Waals surface area contributed by atoms with Crippen molar-refractivity contribution in [1.82, 2.24) is 0 Å². The Balaban J connectivity index is 3.22. The van der Waals surface area contributed by atoms with Crippen LogP contribution in [0, 0.1) is 0 Å². The highest BCUT2D eigenvalue weighted by Gasteiger charge is 2.17. The lowest BCUT2D eigenvalue weighted by Crippen LogP contribution is -2.14. The Kier molecular flexibility index (Phi) is 4.15. The van der Waals surface area contributed by atoms with Gasteiger partial charge in [0.2, 0.25) is 0 Å². The van der Waals surface area contributed by atoms with Gasteiger partial charge in [0.05, 0.1) is 0 Å². The van der Waals surface area contributed by atoms with E-state index in [0.717, 1.165) is 11.8 Å². The summed E-state index contributed by atoms with van der Waals surface area (Å²) in [5, 5.41) is 1.02. The maximum Gasteiger partial charge on any atom is 0.00719 e. The number of rotatable bonds is 3. The highest BCUT2D eigenvalue weighted by atomic mass is 79.9. The van der Waals surface area contributed by atoms with Gasteiger partial charge in [-0.05, 0) is 28.5 Å². The van der Waals surface area contributed by atoms with Crippen LogP contribution in [-0.4, -0.2) is 5.33 Å². The van der Waals surface area contributed by atoms with E-state index < -0.39 is 0 Å². The third-order valence-electron chi connectivity index (χ3n) is 2.54. The summed E-state index contributed by atoms with van der Waals surface area (Å²) in [5.74, 6) is 0. The molecular weight excluding hydrogens is 248 g/mol. The van der Waals surface area contributed by atoms with Crippen molar-refractivity contribution in [2.24, 2.45) is 0 Å². The summed E-state index contributed by atoms with van der Waals surface area (Å²) in [4.78, 5) is 0. The lowest BCUT2D eigenvalue weighted by molar-refractivity contribution is 0.583. The lowest BCUT2D eigenvalue weighted by atomic mass is 9.82. The molecule has 15 heavy (non-hydrogen) atoms. The SMILES string of the molecule is C=Cc1ccc(CCBr)c(C(C)(C)C)c1. The van der Waals surface area contributed by atoms with Crippen LogP contribution >= 0.6 is 15.9 Å². The fourth-order valence-corrected chi connectivity index (χ4v) is 2.17. The average molecular weight is 267 g/mol. The minimum absolute atomic E-state index is 0.205. The molecule has 0 aliphatic carbocycles. The summed E-state index contributed by atoms with van der Waals surface area (Å²) in [6.07, 6.45) is 3.00. The maximum absolute atomic E-state index is 3.82. The number of hydrogen-bond acceptors (Lipinski definition) is 0. The van der Waals surface area contributed by atoms with E-state index in [9.17, 15) is 0 Å². The summed E-state index contributed by atoms with van der Waals surface area (Å²) >= 11 is 3.50. The van der Waals surface area contributed by atoms with Crippen LogP contribution in [0.4, 0.5) is 0 Å². The van der Waals surface area contributed by atoms with Crippen LogP contribution in [0.15, 0.2) is 24.8 Å². The minimum Gasteiger partial charge on any atom is -0.0985 e. The molecule has 0 bridgehead atoms. The van der Waals surface area contributed by atoms with Crippen LogP contribution < -0.4 is 0 Å². The van der Waals surface area contributed by atoms with Gasteiger partial charge in [-0.1, -0.05) is 67.6 Å². The predicted octanol–water partition coefficient (Wildman–Crippen LogP) is 4.56. The number of alkyl halides is 1. The fourth-order valence-electron chi connectivity index (χ4n) is 1.74. The second-order valence-electron chi connectivity index (χ2n) is 4.81. The molecule has 0 saturated carbocycles. The molecule has 1 aromatic carbocycles. The standard InChI is InChI=1S/C14H19Br/c1-5-11-6-7-12(8-9-15)13(10-11)14(2,3)4/h5-7,10H,1,8-9H2,2-4H3. The smallest absolute Gasteiger partial charge is 0.00719 e. The van der Waals surface area contributed by atoms with Crippen molar-refractivity contribution in [2.45, 2.75) is 32.6 Å². The zero-order chi connectivity index (χ0) is 11.5. The molecule has 0 amide bonds.